The van der Waals surface area contributed by atoms with Crippen LogP contribution < -0.4 is 10.1 Å². The number of anilines is 1. The van der Waals surface area contributed by atoms with Crippen LogP contribution in [0.2, 0.25) is 5.02 Å². The number of hydrogen-bond donors (Lipinski definition) is 1. The maximum absolute atomic E-state index is 14.0. The third-order valence-electron chi connectivity index (χ3n) is 5.60. The zero-order valence-electron chi connectivity index (χ0n) is 17.0. The van der Waals surface area contributed by atoms with Crippen molar-refractivity contribution in [1.29, 1.82) is 0 Å². The highest BCUT2D eigenvalue weighted by molar-refractivity contribution is 6.30. The standard InChI is InChI=1S/C24H22ClFN2O3/c1-31-22-11-9-19(17-6-2-3-7-18(17)22)24(30)28-12-4-5-15(14-28)23(29)27-21-13-16(25)8-10-20(21)26/h2-3,6-11,13,15H,4-5,12,14H2,1H3,(H,27,29)/t15-/m1/s1. The van der Waals surface area contributed by atoms with Crippen molar-refractivity contribution < 1.29 is 18.7 Å². The Kier molecular flexibility index (Phi) is 6.09. The third kappa shape index (κ3) is 4.35. The second kappa shape index (κ2) is 8.94. The molecular formula is C24H22ClFN2O3. The van der Waals surface area contributed by atoms with Crippen LogP contribution in [0.15, 0.2) is 54.6 Å². The number of nitrogens with one attached hydrogen (secondary N) is 1. The first-order valence-corrected chi connectivity index (χ1v) is 10.5. The molecule has 2 amide bonds. The van der Waals surface area contributed by atoms with E-state index in [1.165, 1.54) is 18.2 Å². The van der Waals surface area contributed by atoms with Crippen LogP contribution in [0, 0.1) is 11.7 Å². The molecule has 1 aliphatic rings. The minimum Gasteiger partial charge on any atom is -0.496 e. The molecule has 1 fully saturated rings. The van der Waals surface area contributed by atoms with Crippen molar-refractivity contribution in [2.24, 2.45) is 5.92 Å². The largest absolute Gasteiger partial charge is 0.496 e. The number of amides is 2. The molecule has 0 aromatic heterocycles. The molecule has 0 unspecified atom stereocenters. The third-order valence-corrected chi connectivity index (χ3v) is 5.84. The molecule has 1 atom stereocenters. The quantitative estimate of drug-likeness (QED) is 0.611. The van der Waals surface area contributed by atoms with Crippen LogP contribution in [0.1, 0.15) is 23.2 Å². The van der Waals surface area contributed by atoms with Crippen molar-refractivity contribution in [1.82, 2.24) is 4.90 Å². The molecule has 0 spiro atoms. The van der Waals surface area contributed by atoms with Crippen LogP contribution in [-0.4, -0.2) is 36.9 Å². The van der Waals surface area contributed by atoms with E-state index < -0.39 is 11.7 Å². The van der Waals surface area contributed by atoms with Crippen molar-refractivity contribution in [3.05, 3.63) is 71.0 Å². The van der Waals surface area contributed by atoms with Crippen LogP contribution in [-0.2, 0) is 4.79 Å². The summed E-state index contributed by atoms with van der Waals surface area (Å²) in [4.78, 5) is 27.8. The van der Waals surface area contributed by atoms with Crippen LogP contribution in [0.3, 0.4) is 0 Å². The van der Waals surface area contributed by atoms with Crippen LogP contribution >= 0.6 is 11.6 Å². The second-order valence-electron chi connectivity index (χ2n) is 7.56. The number of rotatable bonds is 4. The van der Waals surface area contributed by atoms with Gasteiger partial charge >= 0.3 is 0 Å². The molecule has 0 saturated carbocycles. The van der Waals surface area contributed by atoms with E-state index >= 15 is 0 Å². The first-order chi connectivity index (χ1) is 15.0. The lowest BCUT2D eigenvalue weighted by Gasteiger charge is -2.32. The normalized spacial score (nSPS) is 16.2. The summed E-state index contributed by atoms with van der Waals surface area (Å²) in [6.07, 6.45) is 1.32. The maximum Gasteiger partial charge on any atom is 0.254 e. The van der Waals surface area contributed by atoms with Crippen molar-refractivity contribution >= 4 is 39.9 Å². The lowest BCUT2D eigenvalue weighted by atomic mass is 9.95. The smallest absolute Gasteiger partial charge is 0.254 e. The van der Waals surface area contributed by atoms with Crippen molar-refractivity contribution in [3.8, 4) is 5.75 Å². The number of piperidine rings is 1. The number of carbonyl (C=O) groups excluding carboxylic acids is 2. The predicted molar refractivity (Wildman–Crippen MR) is 119 cm³/mol. The Morgan fingerprint density at radius 3 is 2.68 bits per heavy atom. The molecule has 1 heterocycles. The van der Waals surface area contributed by atoms with Crippen molar-refractivity contribution in [3.63, 3.8) is 0 Å². The van der Waals surface area contributed by atoms with Gasteiger partial charge in [-0.2, -0.15) is 0 Å². The Morgan fingerprint density at radius 2 is 1.90 bits per heavy atom. The molecule has 1 aliphatic heterocycles. The molecule has 5 nitrogen and oxygen atoms in total. The molecule has 0 bridgehead atoms. The number of fused-ring (bicyclic) bond motifs is 1. The number of benzene rings is 3. The van der Waals surface area contributed by atoms with Gasteiger partial charge in [0.1, 0.15) is 11.6 Å². The van der Waals surface area contributed by atoms with Gasteiger partial charge in [0.2, 0.25) is 5.91 Å². The van der Waals surface area contributed by atoms with Crippen molar-refractivity contribution in [2.45, 2.75) is 12.8 Å². The van der Waals surface area contributed by atoms with Gasteiger partial charge in [0, 0.05) is 29.1 Å². The summed E-state index contributed by atoms with van der Waals surface area (Å²) in [6.45, 7) is 0.835. The molecule has 3 aromatic rings. The fourth-order valence-electron chi connectivity index (χ4n) is 4.01. The minimum absolute atomic E-state index is 0.0436. The Morgan fingerprint density at radius 1 is 1.13 bits per heavy atom. The topological polar surface area (TPSA) is 58.6 Å². The van der Waals surface area contributed by atoms with E-state index in [9.17, 15) is 14.0 Å². The first kappa shape index (κ1) is 21.1. The molecule has 1 N–H and O–H groups in total. The zero-order valence-corrected chi connectivity index (χ0v) is 17.8. The molecule has 31 heavy (non-hydrogen) atoms. The molecule has 7 heteroatoms. The van der Waals surface area contributed by atoms with Gasteiger partial charge in [-0.1, -0.05) is 35.9 Å². The summed E-state index contributed by atoms with van der Waals surface area (Å²) in [6, 6.07) is 15.1. The summed E-state index contributed by atoms with van der Waals surface area (Å²) in [5.41, 5.74) is 0.612. The SMILES string of the molecule is COc1ccc(C(=O)N2CCC[C@@H](C(=O)Nc3cc(Cl)ccc3F)C2)c2ccccc12. The molecule has 160 valence electrons. The monoisotopic (exact) mass is 440 g/mol. The fourth-order valence-corrected chi connectivity index (χ4v) is 4.18. The van der Waals surface area contributed by atoms with E-state index in [-0.39, 0.29) is 24.0 Å². The average molecular weight is 441 g/mol. The van der Waals surface area contributed by atoms with Gasteiger partial charge < -0.3 is 15.0 Å². The Hall–Kier alpha value is -3.12. The average Bonchev–Trinajstić information content (AvgIpc) is 2.80. The lowest BCUT2D eigenvalue weighted by Crippen LogP contribution is -2.43. The highest BCUT2D eigenvalue weighted by Gasteiger charge is 2.30. The zero-order chi connectivity index (χ0) is 22.0. The van der Waals surface area contributed by atoms with Gasteiger partial charge in [-0.05, 0) is 48.6 Å². The molecule has 1 saturated heterocycles. The van der Waals surface area contributed by atoms with Gasteiger partial charge in [-0.3, -0.25) is 9.59 Å². The van der Waals surface area contributed by atoms with Gasteiger partial charge in [-0.15, -0.1) is 0 Å². The van der Waals surface area contributed by atoms with E-state index in [1.54, 1.807) is 24.1 Å². The number of nitrogens with zero attached hydrogens (tertiary/aromatic N) is 1. The predicted octanol–water partition coefficient (Wildman–Crippen LogP) is 5.13. The van der Waals surface area contributed by atoms with Crippen molar-refractivity contribution in [2.75, 3.05) is 25.5 Å². The number of hydrogen-bond acceptors (Lipinski definition) is 3. The molecule has 0 aliphatic carbocycles. The molecular weight excluding hydrogens is 419 g/mol. The minimum atomic E-state index is -0.550. The summed E-state index contributed by atoms with van der Waals surface area (Å²) in [5.74, 6) is -0.734. The maximum atomic E-state index is 14.0. The van der Waals surface area contributed by atoms with Gasteiger partial charge in [0.05, 0.1) is 18.7 Å². The Balaban J connectivity index is 1.54. The number of methoxy groups -OCH3 is 1. The van der Waals surface area contributed by atoms with Crippen LogP contribution in [0.4, 0.5) is 10.1 Å². The van der Waals surface area contributed by atoms with E-state index in [0.29, 0.717) is 35.7 Å². The Labute approximate surface area is 184 Å². The van der Waals surface area contributed by atoms with Gasteiger partial charge in [-0.25, -0.2) is 4.39 Å². The van der Waals surface area contributed by atoms with Gasteiger partial charge in [0.25, 0.3) is 5.91 Å². The van der Waals surface area contributed by atoms with Gasteiger partial charge in [0.15, 0.2) is 0 Å². The lowest BCUT2D eigenvalue weighted by molar-refractivity contribution is -0.121. The van der Waals surface area contributed by atoms with Crippen LogP contribution in [0.5, 0.6) is 5.75 Å². The number of ether oxygens (including phenoxy) is 1. The summed E-state index contributed by atoms with van der Waals surface area (Å²) >= 11 is 5.91. The summed E-state index contributed by atoms with van der Waals surface area (Å²) in [5, 5.41) is 4.61. The fraction of sp³-hybridized carbons (Fsp3) is 0.250. The summed E-state index contributed by atoms with van der Waals surface area (Å²) < 4.78 is 19.4. The number of likely N-dealkylation sites (tertiary alicyclic amines) is 1. The van der Waals surface area contributed by atoms with E-state index in [0.717, 1.165) is 10.8 Å². The molecule has 0 radical (unpaired) electrons. The summed E-state index contributed by atoms with van der Waals surface area (Å²) in [7, 11) is 1.60. The van der Waals surface area contributed by atoms with E-state index in [4.69, 9.17) is 16.3 Å². The second-order valence-corrected chi connectivity index (χ2v) is 8.00. The van der Waals surface area contributed by atoms with E-state index in [2.05, 4.69) is 5.32 Å². The highest BCUT2D eigenvalue weighted by Crippen LogP contribution is 2.30. The number of carbonyl (C=O) groups is 2. The first-order valence-electron chi connectivity index (χ1n) is 10.1. The van der Waals surface area contributed by atoms with Crippen LogP contribution in [0.25, 0.3) is 10.8 Å². The Bertz CT molecular complexity index is 1150. The molecule has 4 rings (SSSR count). The van der Waals surface area contributed by atoms with E-state index in [1.807, 2.05) is 24.3 Å². The molecule has 3 aromatic carbocycles. The highest BCUT2D eigenvalue weighted by atomic mass is 35.5. The number of halogens is 2.